The van der Waals surface area contributed by atoms with E-state index in [-0.39, 0.29) is 44.7 Å². The molecule has 324 valence electrons. The number of hydrogen-bond acceptors (Lipinski definition) is 8. The average molecular weight is 836 g/mol. The number of unbranched alkanes of at least 4 members (excludes halogenated alkanes) is 1. The Balaban J connectivity index is 1.42. The number of aromatic nitrogens is 2. The molecule has 0 fully saturated rings. The molecule has 0 saturated carbocycles. The number of hydrazine groups is 1. The van der Waals surface area contributed by atoms with Gasteiger partial charge in [-0.05, 0) is 60.5 Å². The van der Waals surface area contributed by atoms with Crippen molar-refractivity contribution < 1.29 is 28.8 Å². The van der Waals surface area contributed by atoms with Crippen LogP contribution in [0.5, 0.6) is 0 Å². The van der Waals surface area contributed by atoms with Gasteiger partial charge in [0, 0.05) is 60.0 Å². The summed E-state index contributed by atoms with van der Waals surface area (Å²) < 4.78 is 0. The summed E-state index contributed by atoms with van der Waals surface area (Å²) >= 11 is 0. The van der Waals surface area contributed by atoms with Crippen molar-refractivity contribution in [1.82, 2.24) is 41.7 Å². The SMILES string of the molecule is CC(C)CN(NC(=O)[C@@H](Cc1c[nH]c2ccccc12)NC(=O)CN)C(=O)N[C@@H](Cc1c[nH]c2ccccc12)C(=O)N[C@H](Cc1ccccc1)C(=O)N[C@@H](CCCCN)C(N)=O. The topological polar surface area (TPSA) is 275 Å². The first-order valence-corrected chi connectivity index (χ1v) is 20.5. The number of nitrogens with zero attached hydrogens (tertiary/aromatic N) is 1. The Hall–Kier alpha value is -6.72. The van der Waals surface area contributed by atoms with E-state index >= 15 is 0 Å². The molecule has 0 radical (unpaired) electrons. The van der Waals surface area contributed by atoms with Crippen LogP contribution >= 0.6 is 0 Å². The van der Waals surface area contributed by atoms with Gasteiger partial charge in [-0.2, -0.15) is 0 Å². The van der Waals surface area contributed by atoms with E-state index < -0.39 is 59.7 Å². The number of para-hydroxylation sites is 2. The van der Waals surface area contributed by atoms with Crippen molar-refractivity contribution in [3.63, 3.8) is 0 Å². The molecule has 0 spiro atoms. The van der Waals surface area contributed by atoms with Crippen LogP contribution < -0.4 is 43.9 Å². The Morgan fingerprint density at radius 2 is 1.15 bits per heavy atom. The van der Waals surface area contributed by atoms with Gasteiger partial charge in [0.1, 0.15) is 24.2 Å². The maximum Gasteiger partial charge on any atom is 0.336 e. The third kappa shape index (κ3) is 12.9. The van der Waals surface area contributed by atoms with E-state index in [0.717, 1.165) is 37.9 Å². The van der Waals surface area contributed by atoms with E-state index in [4.69, 9.17) is 17.2 Å². The normalized spacial score (nSPS) is 13.2. The van der Waals surface area contributed by atoms with Crippen molar-refractivity contribution in [3.8, 4) is 0 Å². The summed E-state index contributed by atoms with van der Waals surface area (Å²) in [6.45, 7) is 3.78. The minimum absolute atomic E-state index is 0.0104. The fourth-order valence-electron chi connectivity index (χ4n) is 7.08. The number of nitrogens with one attached hydrogen (secondary N) is 7. The van der Waals surface area contributed by atoms with Gasteiger partial charge in [0.2, 0.25) is 23.6 Å². The van der Waals surface area contributed by atoms with Gasteiger partial charge in [-0.3, -0.25) is 29.4 Å². The van der Waals surface area contributed by atoms with Gasteiger partial charge in [-0.1, -0.05) is 80.6 Å². The van der Waals surface area contributed by atoms with Crippen LogP contribution in [0.15, 0.2) is 91.3 Å². The molecule has 17 heteroatoms. The lowest BCUT2D eigenvalue weighted by molar-refractivity contribution is -0.132. The number of primary amides is 1. The number of carbonyl (C=O) groups excluding carboxylic acids is 6. The fourth-order valence-corrected chi connectivity index (χ4v) is 7.08. The molecule has 0 unspecified atom stereocenters. The van der Waals surface area contributed by atoms with Gasteiger partial charge in [0.15, 0.2) is 0 Å². The quantitative estimate of drug-likeness (QED) is 0.0383. The number of hydrogen-bond donors (Lipinski definition) is 10. The van der Waals surface area contributed by atoms with Crippen LogP contribution in [0.3, 0.4) is 0 Å². The highest BCUT2D eigenvalue weighted by molar-refractivity contribution is 5.95. The molecule has 61 heavy (non-hydrogen) atoms. The number of amides is 7. The van der Waals surface area contributed by atoms with Gasteiger partial charge in [-0.15, -0.1) is 0 Å². The highest BCUT2D eigenvalue weighted by Crippen LogP contribution is 2.21. The van der Waals surface area contributed by atoms with Crippen molar-refractivity contribution in [2.45, 2.75) is 76.5 Å². The predicted octanol–water partition coefficient (Wildman–Crippen LogP) is 1.77. The number of nitrogens with two attached hydrogens (primary N) is 3. The van der Waals surface area contributed by atoms with Crippen LogP contribution in [0.25, 0.3) is 21.8 Å². The Bertz CT molecular complexity index is 2270. The van der Waals surface area contributed by atoms with Gasteiger partial charge >= 0.3 is 6.03 Å². The molecule has 0 aliphatic heterocycles. The van der Waals surface area contributed by atoms with Crippen molar-refractivity contribution in [2.75, 3.05) is 19.6 Å². The molecule has 0 aliphatic carbocycles. The third-order valence-electron chi connectivity index (χ3n) is 10.2. The van der Waals surface area contributed by atoms with E-state index in [1.165, 1.54) is 0 Å². The molecular formula is C44H57N11O6. The number of H-pyrrole nitrogens is 2. The van der Waals surface area contributed by atoms with Crippen LogP contribution in [0, 0.1) is 5.92 Å². The standard InChI is InChI=1S/C44H57N11O6/c1-27(2)26-55(54-43(60)38(50-39(56)23-46)22-30-25-49-34-17-9-7-15-32(30)34)44(61)53-37(21-29-24-48-33-16-8-6-14-31(29)33)42(59)52-36(20-28-12-4-3-5-13-28)41(58)51-35(40(47)57)18-10-11-19-45/h3-9,12-17,24-25,27,35-38,48-49H,10-11,18-23,26,45-46H2,1-2H3,(H2,47,57)(H,50,56)(H,51,58)(H,52,59)(H,53,61)(H,54,60)/t35-,36+,37-,38+/m0/s1. The first-order chi connectivity index (χ1) is 29.4. The van der Waals surface area contributed by atoms with Crippen molar-refractivity contribution in [1.29, 1.82) is 0 Å². The Morgan fingerprint density at radius 1 is 0.623 bits per heavy atom. The zero-order valence-electron chi connectivity index (χ0n) is 34.5. The molecule has 13 N–H and O–H groups in total. The number of aromatic amines is 2. The van der Waals surface area contributed by atoms with E-state index in [1.54, 1.807) is 36.7 Å². The molecule has 0 saturated heterocycles. The van der Waals surface area contributed by atoms with Crippen molar-refractivity contribution >= 4 is 57.4 Å². The highest BCUT2D eigenvalue weighted by Gasteiger charge is 2.32. The smallest absolute Gasteiger partial charge is 0.336 e. The maximum atomic E-state index is 14.5. The molecule has 17 nitrogen and oxygen atoms in total. The predicted molar refractivity (Wildman–Crippen MR) is 233 cm³/mol. The summed E-state index contributed by atoms with van der Waals surface area (Å²) in [5.74, 6) is -3.47. The van der Waals surface area contributed by atoms with Crippen LogP contribution in [0.4, 0.5) is 4.79 Å². The number of rotatable bonds is 21. The van der Waals surface area contributed by atoms with Crippen LogP contribution in [-0.2, 0) is 43.2 Å². The van der Waals surface area contributed by atoms with Crippen molar-refractivity contribution in [3.05, 3.63) is 108 Å². The number of fused-ring (bicyclic) bond motifs is 2. The van der Waals surface area contributed by atoms with Crippen LogP contribution in [-0.4, -0.2) is 94.3 Å². The van der Waals surface area contributed by atoms with Gasteiger partial charge in [0.05, 0.1) is 6.54 Å². The Kier molecular flexibility index (Phi) is 16.4. The van der Waals surface area contributed by atoms with Gasteiger partial charge in [-0.25, -0.2) is 9.80 Å². The zero-order chi connectivity index (χ0) is 43.9. The second-order valence-corrected chi connectivity index (χ2v) is 15.4. The summed E-state index contributed by atoms with van der Waals surface area (Å²) in [4.78, 5) is 88.1. The summed E-state index contributed by atoms with van der Waals surface area (Å²) in [6, 6.07) is 18.6. The number of urea groups is 1. The molecule has 7 amide bonds. The van der Waals surface area contributed by atoms with E-state index in [2.05, 4.69) is 36.7 Å². The van der Waals surface area contributed by atoms with Crippen LogP contribution in [0.1, 0.15) is 49.8 Å². The van der Waals surface area contributed by atoms with E-state index in [0.29, 0.717) is 24.9 Å². The minimum atomic E-state index is -1.28. The lowest BCUT2D eigenvalue weighted by atomic mass is 10.0. The molecule has 5 aromatic rings. The van der Waals surface area contributed by atoms with Crippen molar-refractivity contribution in [2.24, 2.45) is 23.1 Å². The Morgan fingerprint density at radius 3 is 1.69 bits per heavy atom. The fraction of sp³-hybridized carbons (Fsp3) is 0.364. The summed E-state index contributed by atoms with van der Waals surface area (Å²) in [6.07, 6.45) is 5.07. The lowest BCUT2D eigenvalue weighted by Crippen LogP contribution is -2.61. The summed E-state index contributed by atoms with van der Waals surface area (Å²) in [7, 11) is 0. The molecule has 4 atom stereocenters. The second kappa shape index (κ2) is 22.0. The summed E-state index contributed by atoms with van der Waals surface area (Å²) in [5.41, 5.74) is 23.4. The molecule has 2 aromatic heterocycles. The third-order valence-corrected chi connectivity index (χ3v) is 10.2. The maximum absolute atomic E-state index is 14.5. The molecule has 3 aromatic carbocycles. The number of carbonyl (C=O) groups is 6. The highest BCUT2D eigenvalue weighted by atomic mass is 16.2. The molecule has 0 aliphatic rings. The largest absolute Gasteiger partial charge is 0.368 e. The van der Waals surface area contributed by atoms with E-state index in [1.807, 2.05) is 68.4 Å². The van der Waals surface area contributed by atoms with Gasteiger partial charge in [0.25, 0.3) is 5.91 Å². The number of benzene rings is 3. The lowest BCUT2D eigenvalue weighted by Gasteiger charge is -2.30. The van der Waals surface area contributed by atoms with E-state index in [9.17, 15) is 28.8 Å². The first kappa shape index (κ1) is 45.4. The molecule has 2 heterocycles. The second-order valence-electron chi connectivity index (χ2n) is 15.4. The Labute approximate surface area is 354 Å². The minimum Gasteiger partial charge on any atom is -0.368 e. The zero-order valence-corrected chi connectivity index (χ0v) is 34.5. The van der Waals surface area contributed by atoms with Crippen LogP contribution in [0.2, 0.25) is 0 Å². The van der Waals surface area contributed by atoms with Gasteiger partial charge < -0.3 is 48.4 Å². The first-order valence-electron chi connectivity index (χ1n) is 20.5. The molecular weight excluding hydrogens is 779 g/mol. The monoisotopic (exact) mass is 835 g/mol. The average Bonchev–Trinajstić information content (AvgIpc) is 3.86. The molecule has 0 bridgehead atoms. The summed E-state index contributed by atoms with van der Waals surface area (Å²) in [5, 5.41) is 13.8. The molecule has 5 rings (SSSR count).